The molecule has 0 aromatic heterocycles. The van der Waals surface area contributed by atoms with Crippen LogP contribution in [0.1, 0.15) is 27.7 Å². The molecule has 4 nitrogen and oxygen atoms in total. The number of allylic oxidation sites excluding steroid dienone is 1. The Balaban J connectivity index is 3.36. The summed E-state index contributed by atoms with van der Waals surface area (Å²) in [4.78, 5) is 28.3. The molecule has 0 aliphatic heterocycles. The van der Waals surface area contributed by atoms with Gasteiger partial charge in [0.1, 0.15) is 0 Å². The van der Waals surface area contributed by atoms with Gasteiger partial charge in [0.05, 0.1) is 11.2 Å². The summed E-state index contributed by atoms with van der Waals surface area (Å²) < 4.78 is 0. The van der Waals surface area contributed by atoms with Crippen molar-refractivity contribution in [1.29, 1.82) is 0 Å². The molecular weight excluding hydrogens is 204 g/mol. The Morgan fingerprint density at radius 1 is 1.31 bits per heavy atom. The molecule has 1 rings (SSSR count). The fourth-order valence-electron chi connectivity index (χ4n) is 1.90. The molecule has 4 heteroatoms. The number of aliphatic imine (C=N–C) groups is 2. The van der Waals surface area contributed by atoms with Gasteiger partial charge >= 0.3 is 0 Å². The van der Waals surface area contributed by atoms with E-state index in [1.165, 1.54) is 6.08 Å². The molecule has 0 amide bonds. The van der Waals surface area contributed by atoms with Crippen LogP contribution < -0.4 is 0 Å². The lowest BCUT2D eigenvalue weighted by atomic mass is 9.73. The van der Waals surface area contributed by atoms with Crippen molar-refractivity contribution in [3.05, 3.63) is 22.9 Å². The summed E-state index contributed by atoms with van der Waals surface area (Å²) in [5.41, 5.74) is 1.84. The van der Waals surface area contributed by atoms with E-state index in [0.29, 0.717) is 5.70 Å². The van der Waals surface area contributed by atoms with Crippen LogP contribution in [0, 0.1) is 5.92 Å². The van der Waals surface area contributed by atoms with Gasteiger partial charge in [-0.3, -0.25) is 0 Å². The van der Waals surface area contributed by atoms with E-state index in [2.05, 4.69) is 9.98 Å². The molecule has 0 spiro atoms. The van der Waals surface area contributed by atoms with Gasteiger partial charge in [-0.2, -0.15) is 9.98 Å². The summed E-state index contributed by atoms with van der Waals surface area (Å²) in [6, 6.07) is 0. The van der Waals surface area contributed by atoms with Crippen LogP contribution in [0.4, 0.5) is 0 Å². The second kappa shape index (κ2) is 4.40. The molecule has 1 aliphatic rings. The molecule has 84 valence electrons. The molecule has 0 saturated heterocycles. The van der Waals surface area contributed by atoms with Crippen molar-refractivity contribution in [3.8, 4) is 0 Å². The zero-order chi connectivity index (χ0) is 12.3. The molecule has 0 fully saturated rings. The molecule has 0 aromatic rings. The minimum absolute atomic E-state index is 0.00560. The maximum atomic E-state index is 10.5. The van der Waals surface area contributed by atoms with E-state index in [4.69, 9.17) is 0 Å². The summed E-state index contributed by atoms with van der Waals surface area (Å²) in [5.74, 6) is 0.00560. The van der Waals surface area contributed by atoms with Crippen LogP contribution in [0.3, 0.4) is 0 Å². The Labute approximate surface area is 94.5 Å². The molecule has 0 radical (unpaired) electrons. The molecule has 2 unspecified atom stereocenters. The van der Waals surface area contributed by atoms with Crippen LogP contribution in [0.25, 0.3) is 0 Å². The number of hydrogen-bond donors (Lipinski definition) is 0. The van der Waals surface area contributed by atoms with E-state index in [1.807, 2.05) is 27.7 Å². The normalized spacial score (nSPS) is 29.0. The third kappa shape index (κ3) is 1.81. The first-order chi connectivity index (χ1) is 7.47. The molecule has 0 bridgehead atoms. The molecule has 1 aliphatic carbocycles. The second-order valence-corrected chi connectivity index (χ2v) is 4.17. The number of rotatable bonds is 2. The van der Waals surface area contributed by atoms with Gasteiger partial charge in [0.15, 0.2) is 0 Å². The molecule has 0 heterocycles. The van der Waals surface area contributed by atoms with Gasteiger partial charge in [0, 0.05) is 5.92 Å². The number of nitrogens with zero attached hydrogens (tertiary/aromatic N) is 2. The fraction of sp³-hybridized carbons (Fsp3) is 0.500. The highest BCUT2D eigenvalue weighted by atomic mass is 16.1. The summed E-state index contributed by atoms with van der Waals surface area (Å²) in [6.07, 6.45) is 4.91. The summed E-state index contributed by atoms with van der Waals surface area (Å²) in [6.45, 7) is 7.57. The van der Waals surface area contributed by atoms with E-state index in [0.717, 1.165) is 11.1 Å². The average Bonchev–Trinajstić information content (AvgIpc) is 2.24. The van der Waals surface area contributed by atoms with Gasteiger partial charge in [-0.15, -0.1) is 0 Å². The Bertz CT molecular complexity index is 463. The van der Waals surface area contributed by atoms with Gasteiger partial charge < -0.3 is 0 Å². The Hall–Kier alpha value is -1.76. The van der Waals surface area contributed by atoms with Crippen LogP contribution >= 0.6 is 0 Å². The highest BCUT2D eigenvalue weighted by Crippen LogP contribution is 2.40. The summed E-state index contributed by atoms with van der Waals surface area (Å²) in [7, 11) is 0. The standard InChI is InChI=1S/C12H14N2O2/c1-8-5-11(13-6-15)9(2)10(3)12(8,4)14-7-16/h5,10H,1-4H3. The first-order valence-corrected chi connectivity index (χ1v) is 5.03. The number of carbonyl (C=O) groups excluding carboxylic acids is 2. The quantitative estimate of drug-likeness (QED) is 0.527. The van der Waals surface area contributed by atoms with Crippen molar-refractivity contribution < 1.29 is 9.59 Å². The monoisotopic (exact) mass is 218 g/mol. The average molecular weight is 218 g/mol. The van der Waals surface area contributed by atoms with Crippen LogP contribution in [-0.2, 0) is 9.59 Å². The van der Waals surface area contributed by atoms with E-state index < -0.39 is 5.54 Å². The lowest BCUT2D eigenvalue weighted by Crippen LogP contribution is -2.35. The largest absolute Gasteiger partial charge is 0.240 e. The molecular formula is C12H14N2O2. The highest BCUT2D eigenvalue weighted by molar-refractivity contribution is 5.49. The predicted molar refractivity (Wildman–Crippen MR) is 60.3 cm³/mol. The zero-order valence-corrected chi connectivity index (χ0v) is 9.87. The third-order valence-corrected chi connectivity index (χ3v) is 3.49. The minimum atomic E-state index is -0.590. The maximum Gasteiger partial charge on any atom is 0.240 e. The van der Waals surface area contributed by atoms with Crippen LogP contribution in [-0.4, -0.2) is 17.7 Å². The topological polar surface area (TPSA) is 58.9 Å². The van der Waals surface area contributed by atoms with Crippen molar-refractivity contribution in [2.24, 2.45) is 15.9 Å². The SMILES string of the molecule is CC1=CC(N=C=O)=C(C)C(C)C1(C)N=C=O. The van der Waals surface area contributed by atoms with Gasteiger partial charge in [-0.1, -0.05) is 6.92 Å². The van der Waals surface area contributed by atoms with Crippen molar-refractivity contribution in [1.82, 2.24) is 0 Å². The molecule has 16 heavy (non-hydrogen) atoms. The first kappa shape index (κ1) is 12.3. The Morgan fingerprint density at radius 3 is 2.44 bits per heavy atom. The van der Waals surface area contributed by atoms with Crippen LogP contribution in [0.2, 0.25) is 0 Å². The van der Waals surface area contributed by atoms with Gasteiger partial charge in [0.25, 0.3) is 0 Å². The lowest BCUT2D eigenvalue weighted by molar-refractivity contribution is 0.405. The number of isocyanates is 2. The number of hydrogen-bond acceptors (Lipinski definition) is 4. The fourth-order valence-corrected chi connectivity index (χ4v) is 1.90. The van der Waals surface area contributed by atoms with Crippen molar-refractivity contribution >= 4 is 12.2 Å². The van der Waals surface area contributed by atoms with E-state index in [9.17, 15) is 9.59 Å². The molecule has 2 atom stereocenters. The van der Waals surface area contributed by atoms with Crippen molar-refractivity contribution in [3.63, 3.8) is 0 Å². The summed E-state index contributed by atoms with van der Waals surface area (Å²) >= 11 is 0. The smallest absolute Gasteiger partial charge is 0.211 e. The van der Waals surface area contributed by atoms with Gasteiger partial charge in [0.2, 0.25) is 12.2 Å². The highest BCUT2D eigenvalue weighted by Gasteiger charge is 2.37. The van der Waals surface area contributed by atoms with Crippen molar-refractivity contribution in [2.75, 3.05) is 0 Å². The van der Waals surface area contributed by atoms with Crippen LogP contribution in [0.15, 0.2) is 32.9 Å². The third-order valence-electron chi connectivity index (χ3n) is 3.49. The lowest BCUT2D eigenvalue weighted by Gasteiger charge is -2.35. The Kier molecular flexibility index (Phi) is 3.38. The Morgan fingerprint density at radius 2 is 1.94 bits per heavy atom. The second-order valence-electron chi connectivity index (χ2n) is 4.17. The van der Waals surface area contributed by atoms with Gasteiger partial charge in [-0.25, -0.2) is 9.59 Å². The van der Waals surface area contributed by atoms with E-state index in [1.54, 1.807) is 12.2 Å². The van der Waals surface area contributed by atoms with E-state index in [-0.39, 0.29) is 5.92 Å². The molecule has 0 N–H and O–H groups in total. The maximum absolute atomic E-state index is 10.5. The first-order valence-electron chi connectivity index (χ1n) is 5.03. The minimum Gasteiger partial charge on any atom is -0.211 e. The molecule has 0 saturated carbocycles. The predicted octanol–water partition coefficient (Wildman–Crippen LogP) is 2.29. The van der Waals surface area contributed by atoms with Crippen LogP contribution in [0.5, 0.6) is 0 Å². The van der Waals surface area contributed by atoms with E-state index >= 15 is 0 Å². The van der Waals surface area contributed by atoms with Crippen molar-refractivity contribution in [2.45, 2.75) is 33.2 Å². The zero-order valence-electron chi connectivity index (χ0n) is 9.87. The summed E-state index contributed by atoms with van der Waals surface area (Å²) in [5, 5.41) is 0. The molecule has 0 aromatic carbocycles. The van der Waals surface area contributed by atoms with Gasteiger partial charge in [-0.05, 0) is 38.0 Å².